The number of aliphatic hydroxyl groups excluding tert-OH is 1. The van der Waals surface area contributed by atoms with Crippen LogP contribution in [0.2, 0.25) is 0 Å². The Hall–Kier alpha value is -2.23. The predicted molar refractivity (Wildman–Crippen MR) is 54.1 cm³/mol. The van der Waals surface area contributed by atoms with Crippen LogP contribution in [0.25, 0.3) is 0 Å². The summed E-state index contributed by atoms with van der Waals surface area (Å²) >= 11 is 0. The number of carbonyl (C=O) groups is 2. The first-order chi connectivity index (χ1) is 7.90. The van der Waals surface area contributed by atoms with E-state index in [4.69, 9.17) is 10.2 Å². The molecule has 94 valence electrons. The summed E-state index contributed by atoms with van der Waals surface area (Å²) in [6.07, 6.45) is -1.23. The highest BCUT2D eigenvalue weighted by molar-refractivity contribution is 5.90. The standard InChI is InChI=1S/C7H12N6O4/c1-3(14)4(5(15)16)8-7(17)9-6-10-12-13(2)11-6/h3-4,14H,1-2H3,(H,15,16)(H2,8,9,11,17)/t3-,4+/m1/s1. The van der Waals surface area contributed by atoms with E-state index in [1.54, 1.807) is 0 Å². The number of amides is 2. The summed E-state index contributed by atoms with van der Waals surface area (Å²) in [6, 6.07) is -2.25. The van der Waals surface area contributed by atoms with Crippen LogP contribution in [0.5, 0.6) is 0 Å². The number of carboxylic acid groups (broad SMARTS) is 1. The van der Waals surface area contributed by atoms with E-state index in [1.807, 2.05) is 0 Å². The van der Waals surface area contributed by atoms with Gasteiger partial charge >= 0.3 is 12.0 Å². The van der Waals surface area contributed by atoms with Crippen molar-refractivity contribution in [2.24, 2.45) is 7.05 Å². The van der Waals surface area contributed by atoms with Crippen molar-refractivity contribution in [1.82, 2.24) is 25.5 Å². The highest BCUT2D eigenvalue weighted by Crippen LogP contribution is 1.96. The lowest BCUT2D eigenvalue weighted by atomic mass is 10.2. The van der Waals surface area contributed by atoms with Gasteiger partial charge in [-0.3, -0.25) is 5.32 Å². The second-order valence-corrected chi connectivity index (χ2v) is 3.26. The normalized spacial score (nSPS) is 13.8. The summed E-state index contributed by atoms with van der Waals surface area (Å²) < 4.78 is 0. The fourth-order valence-corrected chi connectivity index (χ4v) is 1.00. The third-order valence-corrected chi connectivity index (χ3v) is 1.77. The number of nitrogens with zero attached hydrogens (tertiary/aromatic N) is 4. The first kappa shape index (κ1) is 12.8. The molecule has 1 aromatic rings. The maximum absolute atomic E-state index is 11.3. The Morgan fingerprint density at radius 1 is 1.47 bits per heavy atom. The van der Waals surface area contributed by atoms with Gasteiger partial charge in [0.2, 0.25) is 0 Å². The van der Waals surface area contributed by atoms with Gasteiger partial charge in [-0.25, -0.2) is 9.59 Å². The number of aromatic nitrogens is 4. The summed E-state index contributed by atoms with van der Waals surface area (Å²) in [5.74, 6) is -1.41. The van der Waals surface area contributed by atoms with E-state index in [9.17, 15) is 9.59 Å². The van der Waals surface area contributed by atoms with Crippen molar-refractivity contribution in [2.75, 3.05) is 5.32 Å². The molecular weight excluding hydrogens is 232 g/mol. The number of rotatable bonds is 4. The molecule has 0 saturated carbocycles. The molecule has 0 aliphatic heterocycles. The van der Waals surface area contributed by atoms with Crippen molar-refractivity contribution < 1.29 is 19.8 Å². The molecule has 10 nitrogen and oxygen atoms in total. The Bertz CT molecular complexity index is 416. The van der Waals surface area contributed by atoms with Gasteiger partial charge in [0, 0.05) is 0 Å². The van der Waals surface area contributed by atoms with E-state index in [-0.39, 0.29) is 5.95 Å². The minimum absolute atomic E-state index is 0.0697. The largest absolute Gasteiger partial charge is 0.480 e. The summed E-state index contributed by atoms with van der Waals surface area (Å²) in [6.45, 7) is 1.25. The topological polar surface area (TPSA) is 142 Å². The van der Waals surface area contributed by atoms with Crippen molar-refractivity contribution in [3.05, 3.63) is 0 Å². The molecule has 0 spiro atoms. The van der Waals surface area contributed by atoms with E-state index in [0.29, 0.717) is 0 Å². The zero-order chi connectivity index (χ0) is 13.0. The number of carboxylic acids is 1. The van der Waals surface area contributed by atoms with Crippen LogP contribution in [0, 0.1) is 0 Å². The summed E-state index contributed by atoms with van der Waals surface area (Å²) in [7, 11) is 1.51. The van der Waals surface area contributed by atoms with Crippen LogP contribution in [0.1, 0.15) is 6.92 Å². The second-order valence-electron chi connectivity index (χ2n) is 3.26. The van der Waals surface area contributed by atoms with Crippen molar-refractivity contribution >= 4 is 17.9 Å². The molecule has 4 N–H and O–H groups in total. The SMILES string of the molecule is C[C@@H](O)[C@H](NC(=O)Nc1nnn(C)n1)C(=O)O. The monoisotopic (exact) mass is 244 g/mol. The van der Waals surface area contributed by atoms with E-state index in [1.165, 1.54) is 14.0 Å². The molecule has 1 aromatic heterocycles. The van der Waals surface area contributed by atoms with Gasteiger partial charge in [-0.05, 0) is 12.1 Å². The number of tetrazole rings is 1. The van der Waals surface area contributed by atoms with Crippen LogP contribution < -0.4 is 10.6 Å². The molecule has 1 heterocycles. The van der Waals surface area contributed by atoms with Gasteiger partial charge in [-0.15, -0.1) is 5.10 Å². The summed E-state index contributed by atoms with van der Waals surface area (Å²) in [4.78, 5) is 23.1. The molecule has 0 fully saturated rings. The zero-order valence-electron chi connectivity index (χ0n) is 9.15. The first-order valence-electron chi connectivity index (χ1n) is 4.62. The maximum atomic E-state index is 11.3. The third kappa shape index (κ3) is 3.68. The Balaban J connectivity index is 2.56. The Morgan fingerprint density at radius 3 is 2.53 bits per heavy atom. The van der Waals surface area contributed by atoms with Crippen LogP contribution in [-0.4, -0.2) is 54.6 Å². The van der Waals surface area contributed by atoms with Crippen LogP contribution in [-0.2, 0) is 11.8 Å². The van der Waals surface area contributed by atoms with Crippen molar-refractivity contribution in [3.63, 3.8) is 0 Å². The molecule has 0 bridgehead atoms. The average molecular weight is 244 g/mol. The molecular formula is C7H12N6O4. The molecule has 0 aliphatic rings. The number of hydrogen-bond acceptors (Lipinski definition) is 6. The molecule has 2 atom stereocenters. The van der Waals surface area contributed by atoms with E-state index < -0.39 is 24.1 Å². The molecule has 2 amide bonds. The van der Waals surface area contributed by atoms with E-state index in [2.05, 4.69) is 26.0 Å². The van der Waals surface area contributed by atoms with Crippen LogP contribution in [0.3, 0.4) is 0 Å². The number of aryl methyl sites for hydroxylation is 1. The van der Waals surface area contributed by atoms with Gasteiger partial charge in [0.05, 0.1) is 13.2 Å². The zero-order valence-corrected chi connectivity index (χ0v) is 9.15. The average Bonchev–Trinajstić information content (AvgIpc) is 2.59. The lowest BCUT2D eigenvalue weighted by Crippen LogP contribution is -2.49. The Kier molecular flexibility index (Phi) is 3.93. The lowest BCUT2D eigenvalue weighted by molar-refractivity contribution is -0.141. The molecule has 17 heavy (non-hydrogen) atoms. The molecule has 1 rings (SSSR count). The number of urea groups is 1. The number of nitrogens with one attached hydrogen (secondary N) is 2. The highest BCUT2D eigenvalue weighted by atomic mass is 16.4. The number of aliphatic carboxylic acids is 1. The van der Waals surface area contributed by atoms with E-state index in [0.717, 1.165) is 4.80 Å². The Labute approximate surface area is 95.6 Å². The quantitative estimate of drug-likeness (QED) is 0.487. The molecule has 0 saturated heterocycles. The number of anilines is 1. The lowest BCUT2D eigenvalue weighted by Gasteiger charge is -2.16. The summed E-state index contributed by atoms with van der Waals surface area (Å²) in [5, 5.41) is 32.7. The first-order valence-corrected chi connectivity index (χ1v) is 4.62. The third-order valence-electron chi connectivity index (χ3n) is 1.77. The van der Waals surface area contributed by atoms with Gasteiger partial charge in [-0.1, -0.05) is 5.10 Å². The highest BCUT2D eigenvalue weighted by Gasteiger charge is 2.25. The van der Waals surface area contributed by atoms with Gasteiger partial charge in [0.1, 0.15) is 0 Å². The van der Waals surface area contributed by atoms with Gasteiger partial charge in [0.25, 0.3) is 5.95 Å². The van der Waals surface area contributed by atoms with Crippen molar-refractivity contribution in [3.8, 4) is 0 Å². The molecule has 0 unspecified atom stereocenters. The fraction of sp³-hybridized carbons (Fsp3) is 0.571. The molecule has 10 heteroatoms. The summed E-state index contributed by atoms with van der Waals surface area (Å²) in [5.41, 5.74) is 0. The van der Waals surface area contributed by atoms with Crippen molar-refractivity contribution in [1.29, 1.82) is 0 Å². The minimum Gasteiger partial charge on any atom is -0.480 e. The van der Waals surface area contributed by atoms with Crippen LogP contribution >= 0.6 is 0 Å². The number of hydrogen-bond donors (Lipinski definition) is 4. The molecule has 0 aliphatic carbocycles. The fourth-order valence-electron chi connectivity index (χ4n) is 1.00. The van der Waals surface area contributed by atoms with Crippen LogP contribution in [0.4, 0.5) is 10.7 Å². The number of aliphatic hydroxyl groups is 1. The maximum Gasteiger partial charge on any atom is 0.328 e. The predicted octanol–water partition coefficient (Wildman–Crippen LogP) is -1.83. The van der Waals surface area contributed by atoms with Gasteiger partial charge in [-0.2, -0.15) is 4.80 Å². The molecule has 0 radical (unpaired) electrons. The minimum atomic E-state index is -1.41. The second kappa shape index (κ2) is 5.21. The van der Waals surface area contributed by atoms with Crippen molar-refractivity contribution in [2.45, 2.75) is 19.1 Å². The Morgan fingerprint density at radius 2 is 2.12 bits per heavy atom. The van der Waals surface area contributed by atoms with Gasteiger partial charge in [0.15, 0.2) is 6.04 Å². The van der Waals surface area contributed by atoms with E-state index >= 15 is 0 Å². The smallest absolute Gasteiger partial charge is 0.328 e. The number of carbonyl (C=O) groups excluding carboxylic acids is 1. The van der Waals surface area contributed by atoms with Gasteiger partial charge < -0.3 is 15.5 Å². The van der Waals surface area contributed by atoms with Crippen LogP contribution in [0.15, 0.2) is 0 Å². The molecule has 0 aromatic carbocycles.